The number of hydrogen-bond acceptors (Lipinski definition) is 8. The van der Waals surface area contributed by atoms with Gasteiger partial charge in [-0.05, 0) is 32.6 Å². The van der Waals surface area contributed by atoms with Crippen LogP contribution < -0.4 is 5.56 Å². The Kier molecular flexibility index (Phi) is 3.99. The minimum atomic E-state index is -0.503. The number of piperidine rings is 1. The average molecular weight is 413 g/mol. The summed E-state index contributed by atoms with van der Waals surface area (Å²) in [6, 6.07) is 0. The minimum Gasteiger partial charge on any atom is -0.444 e. The molecule has 1 saturated carbocycles. The standard InChI is InChI=1S/C19H23N7O4/c1-19(2,3)29-18(28)25-5-10-11(6-25)13(10)15-22-12(30-23-15)7-26-9-21-16-14(17(26)27)24(4)8-20-16/h8-11,13H,5-7H2,1-4H3/t10-,11+,13+. The molecule has 0 unspecified atom stereocenters. The second-order valence-corrected chi connectivity index (χ2v) is 8.99. The van der Waals surface area contributed by atoms with E-state index in [1.165, 1.54) is 10.9 Å². The molecular weight excluding hydrogens is 390 g/mol. The Bertz CT molecular complexity index is 1180. The lowest BCUT2D eigenvalue weighted by Crippen LogP contribution is -2.36. The molecule has 3 aromatic heterocycles. The van der Waals surface area contributed by atoms with Crippen molar-refractivity contribution in [2.45, 2.75) is 38.8 Å². The van der Waals surface area contributed by atoms with E-state index in [4.69, 9.17) is 9.26 Å². The number of amides is 1. The van der Waals surface area contributed by atoms with E-state index >= 15 is 0 Å². The molecule has 0 spiro atoms. The van der Waals surface area contributed by atoms with Gasteiger partial charge in [0.2, 0.25) is 5.89 Å². The lowest BCUT2D eigenvalue weighted by Gasteiger charge is -2.25. The number of rotatable bonds is 3. The van der Waals surface area contributed by atoms with Gasteiger partial charge in [0, 0.05) is 26.1 Å². The van der Waals surface area contributed by atoms with Crippen molar-refractivity contribution >= 4 is 17.3 Å². The Morgan fingerprint density at radius 1 is 1.23 bits per heavy atom. The molecule has 158 valence electrons. The average Bonchev–Trinajstić information content (AvgIpc) is 3.09. The van der Waals surface area contributed by atoms with Crippen LogP contribution in [0.3, 0.4) is 0 Å². The largest absolute Gasteiger partial charge is 0.444 e. The van der Waals surface area contributed by atoms with Gasteiger partial charge >= 0.3 is 6.09 Å². The molecule has 0 N–H and O–H groups in total. The topological polar surface area (TPSA) is 121 Å². The molecule has 1 saturated heterocycles. The van der Waals surface area contributed by atoms with E-state index in [0.29, 0.717) is 47.8 Å². The molecular formula is C19H23N7O4. The quantitative estimate of drug-likeness (QED) is 0.627. The first-order valence-corrected chi connectivity index (χ1v) is 9.88. The molecule has 3 aromatic rings. The number of carbonyl (C=O) groups is 1. The lowest BCUT2D eigenvalue weighted by molar-refractivity contribution is 0.0270. The molecule has 2 fully saturated rings. The van der Waals surface area contributed by atoms with Crippen molar-refractivity contribution in [2.24, 2.45) is 18.9 Å². The van der Waals surface area contributed by atoms with Gasteiger partial charge in [-0.3, -0.25) is 9.36 Å². The minimum absolute atomic E-state index is 0.145. The number of likely N-dealkylation sites (tertiary alicyclic amines) is 1. The van der Waals surface area contributed by atoms with E-state index in [0.717, 1.165) is 0 Å². The number of aromatic nitrogens is 6. The maximum absolute atomic E-state index is 12.6. The van der Waals surface area contributed by atoms with Crippen molar-refractivity contribution < 1.29 is 14.1 Å². The second-order valence-electron chi connectivity index (χ2n) is 8.99. The van der Waals surface area contributed by atoms with E-state index in [2.05, 4.69) is 20.1 Å². The van der Waals surface area contributed by atoms with Gasteiger partial charge in [0.15, 0.2) is 17.0 Å². The van der Waals surface area contributed by atoms with Crippen molar-refractivity contribution in [2.75, 3.05) is 13.1 Å². The molecule has 3 atom stereocenters. The highest BCUT2D eigenvalue weighted by Gasteiger charge is 2.59. The van der Waals surface area contributed by atoms with Crippen LogP contribution in [0.5, 0.6) is 0 Å². The Balaban J connectivity index is 1.25. The van der Waals surface area contributed by atoms with Crippen LogP contribution in [0.25, 0.3) is 11.2 Å². The summed E-state index contributed by atoms with van der Waals surface area (Å²) in [5, 5.41) is 4.11. The van der Waals surface area contributed by atoms with Gasteiger partial charge in [0.1, 0.15) is 18.5 Å². The highest BCUT2D eigenvalue weighted by molar-refractivity contribution is 5.69. The molecule has 11 heteroatoms. The molecule has 1 aliphatic carbocycles. The third kappa shape index (κ3) is 3.14. The summed E-state index contributed by atoms with van der Waals surface area (Å²) in [5.74, 6) is 1.79. The summed E-state index contributed by atoms with van der Waals surface area (Å²) in [6.45, 7) is 6.99. The number of imidazole rings is 1. The first-order valence-electron chi connectivity index (χ1n) is 9.88. The van der Waals surface area contributed by atoms with Gasteiger partial charge in [-0.1, -0.05) is 5.16 Å². The fourth-order valence-electron chi connectivity index (χ4n) is 4.18. The van der Waals surface area contributed by atoms with Gasteiger partial charge < -0.3 is 18.7 Å². The molecule has 4 heterocycles. The first kappa shape index (κ1) is 18.8. The summed E-state index contributed by atoms with van der Waals surface area (Å²) in [6.07, 6.45) is 2.71. The molecule has 5 rings (SSSR count). The van der Waals surface area contributed by atoms with Crippen molar-refractivity contribution in [3.8, 4) is 0 Å². The maximum atomic E-state index is 12.6. The molecule has 0 radical (unpaired) electrons. The summed E-state index contributed by atoms with van der Waals surface area (Å²) >= 11 is 0. The van der Waals surface area contributed by atoms with Crippen LogP contribution in [0, 0.1) is 11.8 Å². The molecule has 0 bridgehead atoms. The first-order chi connectivity index (χ1) is 14.2. The van der Waals surface area contributed by atoms with Crippen LogP contribution in [-0.2, 0) is 18.3 Å². The predicted molar refractivity (Wildman–Crippen MR) is 104 cm³/mol. The van der Waals surface area contributed by atoms with Crippen LogP contribution in [0.4, 0.5) is 4.79 Å². The fraction of sp³-hybridized carbons (Fsp3) is 0.579. The van der Waals surface area contributed by atoms with Crippen molar-refractivity contribution in [1.82, 2.24) is 34.1 Å². The molecule has 1 amide bonds. The molecule has 30 heavy (non-hydrogen) atoms. The number of ether oxygens (including phenoxy) is 1. The van der Waals surface area contributed by atoms with E-state index in [-0.39, 0.29) is 24.1 Å². The molecule has 2 aliphatic rings. The van der Waals surface area contributed by atoms with Gasteiger partial charge in [0.05, 0.1) is 6.33 Å². The van der Waals surface area contributed by atoms with Crippen molar-refractivity contribution in [3.63, 3.8) is 0 Å². The van der Waals surface area contributed by atoms with Crippen LogP contribution in [0.1, 0.15) is 38.4 Å². The number of hydrogen-bond donors (Lipinski definition) is 0. The number of aryl methyl sites for hydroxylation is 1. The highest BCUT2D eigenvalue weighted by Crippen LogP contribution is 2.57. The van der Waals surface area contributed by atoms with Gasteiger partial charge in [-0.2, -0.15) is 4.98 Å². The van der Waals surface area contributed by atoms with E-state index in [1.807, 2.05) is 20.8 Å². The summed E-state index contributed by atoms with van der Waals surface area (Å²) in [7, 11) is 1.75. The Hall–Kier alpha value is -3.24. The fourth-order valence-corrected chi connectivity index (χ4v) is 4.18. The highest BCUT2D eigenvalue weighted by atomic mass is 16.6. The van der Waals surface area contributed by atoms with E-state index < -0.39 is 5.60 Å². The lowest BCUT2D eigenvalue weighted by atomic mass is 10.2. The monoisotopic (exact) mass is 413 g/mol. The molecule has 1 aliphatic heterocycles. The molecule has 0 aromatic carbocycles. The van der Waals surface area contributed by atoms with Crippen LogP contribution in [0.2, 0.25) is 0 Å². The third-order valence-corrected chi connectivity index (χ3v) is 5.63. The number of nitrogens with zero attached hydrogens (tertiary/aromatic N) is 7. The van der Waals surface area contributed by atoms with Crippen LogP contribution in [-0.4, -0.2) is 58.9 Å². The maximum Gasteiger partial charge on any atom is 0.410 e. The Morgan fingerprint density at radius 2 is 1.93 bits per heavy atom. The van der Waals surface area contributed by atoms with Gasteiger partial charge in [-0.25, -0.2) is 14.8 Å². The molecule has 11 nitrogen and oxygen atoms in total. The predicted octanol–water partition coefficient (Wildman–Crippen LogP) is 1.14. The van der Waals surface area contributed by atoms with E-state index in [9.17, 15) is 9.59 Å². The number of fused-ring (bicyclic) bond motifs is 2. The van der Waals surface area contributed by atoms with Crippen LogP contribution >= 0.6 is 0 Å². The van der Waals surface area contributed by atoms with Crippen molar-refractivity contribution in [3.05, 3.63) is 34.7 Å². The summed E-state index contributed by atoms with van der Waals surface area (Å²) < 4.78 is 13.9. The van der Waals surface area contributed by atoms with Gasteiger partial charge in [0.25, 0.3) is 5.56 Å². The third-order valence-electron chi connectivity index (χ3n) is 5.63. The Labute approximate surface area is 171 Å². The number of carbonyl (C=O) groups excluding carboxylic acids is 1. The van der Waals surface area contributed by atoms with E-state index in [1.54, 1.807) is 22.8 Å². The van der Waals surface area contributed by atoms with Gasteiger partial charge in [-0.15, -0.1) is 0 Å². The van der Waals surface area contributed by atoms with Crippen LogP contribution in [0.15, 0.2) is 22.0 Å². The normalized spacial score (nSPS) is 23.1. The van der Waals surface area contributed by atoms with Crippen molar-refractivity contribution in [1.29, 1.82) is 0 Å². The zero-order valence-electron chi connectivity index (χ0n) is 17.3. The zero-order valence-corrected chi connectivity index (χ0v) is 17.3. The SMILES string of the molecule is Cn1cnc2ncn(Cc3nc([C@H]4[C@@H]5CN(C(=O)OC(C)(C)C)C[C@@H]54)no3)c(=O)c21. The summed E-state index contributed by atoms with van der Waals surface area (Å²) in [4.78, 5) is 39.4. The summed E-state index contributed by atoms with van der Waals surface area (Å²) in [5.41, 5.74) is 0.120. The second kappa shape index (κ2) is 6.38. The smallest absolute Gasteiger partial charge is 0.410 e. The zero-order chi connectivity index (χ0) is 21.2. The Morgan fingerprint density at radius 3 is 2.63 bits per heavy atom.